The lowest BCUT2D eigenvalue weighted by molar-refractivity contribution is 0.109. The Morgan fingerprint density at radius 2 is 1.77 bits per heavy atom. The van der Waals surface area contributed by atoms with Gasteiger partial charge in [0, 0.05) is 56.1 Å². The van der Waals surface area contributed by atoms with Gasteiger partial charge in [0.15, 0.2) is 0 Å². The molecule has 1 saturated heterocycles. The van der Waals surface area contributed by atoms with Crippen molar-refractivity contribution in [2.45, 2.75) is 10.9 Å². The zero-order chi connectivity index (χ0) is 18.7. The second-order valence-electron chi connectivity index (χ2n) is 6.68. The van der Waals surface area contributed by atoms with Crippen LogP contribution < -0.4 is 4.72 Å². The molecule has 1 unspecified atom stereocenters. The number of nitrogens with one attached hydrogen (secondary N) is 1. The topological polar surface area (TPSA) is 57.6 Å². The summed E-state index contributed by atoms with van der Waals surface area (Å²) in [6.07, 6.45) is 2.00. The number of nitrogens with zero attached hydrogens (tertiary/aromatic N) is 3. The maximum atomic E-state index is 12.8. The fourth-order valence-corrected chi connectivity index (χ4v) is 5.34. The lowest BCUT2D eigenvalue weighted by Crippen LogP contribution is -2.48. The summed E-state index contributed by atoms with van der Waals surface area (Å²) in [6, 6.07) is 11.0. The highest BCUT2D eigenvalue weighted by atomic mass is 79.9. The third-order valence-corrected chi connectivity index (χ3v) is 7.33. The minimum absolute atomic E-state index is 0.000891. The Bertz CT molecular complexity index is 844. The molecule has 1 aliphatic rings. The van der Waals surface area contributed by atoms with E-state index in [0.29, 0.717) is 11.0 Å². The number of rotatable bonds is 6. The molecule has 0 saturated carbocycles. The number of sulfonamides is 1. The van der Waals surface area contributed by atoms with Crippen molar-refractivity contribution in [3.05, 3.63) is 52.8 Å². The van der Waals surface area contributed by atoms with Gasteiger partial charge in [-0.05, 0) is 47.2 Å². The van der Waals surface area contributed by atoms with Gasteiger partial charge in [-0.1, -0.05) is 12.1 Å². The van der Waals surface area contributed by atoms with Gasteiger partial charge in [0.05, 0.1) is 10.9 Å². The van der Waals surface area contributed by atoms with Crippen LogP contribution in [0.5, 0.6) is 0 Å². The van der Waals surface area contributed by atoms with Crippen molar-refractivity contribution in [3.8, 4) is 0 Å². The van der Waals surface area contributed by atoms with Crippen molar-refractivity contribution in [1.82, 2.24) is 19.1 Å². The van der Waals surface area contributed by atoms with E-state index in [9.17, 15) is 8.42 Å². The predicted molar refractivity (Wildman–Crippen MR) is 107 cm³/mol. The molecule has 1 aliphatic heterocycles. The molecule has 0 aliphatic carbocycles. The Labute approximate surface area is 164 Å². The van der Waals surface area contributed by atoms with Crippen LogP contribution in [0.2, 0.25) is 0 Å². The van der Waals surface area contributed by atoms with Gasteiger partial charge in [0.25, 0.3) is 0 Å². The molecule has 1 fully saturated rings. The number of benzene rings is 1. The molecule has 142 valence electrons. The summed E-state index contributed by atoms with van der Waals surface area (Å²) < 4.78 is 31.0. The van der Waals surface area contributed by atoms with E-state index in [2.05, 4.69) is 48.1 Å². The minimum Gasteiger partial charge on any atom is -0.353 e. The largest absolute Gasteiger partial charge is 0.353 e. The SMILES string of the molecule is CN1CCN(C(CNS(=O)(=O)c2ccccc2Br)c2cccn2C)CC1. The Morgan fingerprint density at radius 1 is 1.08 bits per heavy atom. The monoisotopic (exact) mass is 440 g/mol. The van der Waals surface area contributed by atoms with Crippen LogP contribution in [0.1, 0.15) is 11.7 Å². The summed E-state index contributed by atoms with van der Waals surface area (Å²) in [5.41, 5.74) is 1.12. The molecule has 2 aromatic rings. The molecule has 1 aromatic heterocycles. The first-order valence-electron chi connectivity index (χ1n) is 8.66. The maximum Gasteiger partial charge on any atom is 0.241 e. The minimum atomic E-state index is -3.58. The number of piperazine rings is 1. The molecule has 0 radical (unpaired) electrons. The lowest BCUT2D eigenvalue weighted by Gasteiger charge is -2.38. The first kappa shape index (κ1) is 19.6. The van der Waals surface area contributed by atoms with E-state index in [1.54, 1.807) is 24.3 Å². The number of hydrogen-bond acceptors (Lipinski definition) is 4. The van der Waals surface area contributed by atoms with Crippen LogP contribution in [-0.4, -0.2) is 62.6 Å². The Hall–Kier alpha value is -1.19. The third kappa shape index (κ3) is 4.37. The molecule has 8 heteroatoms. The number of hydrogen-bond donors (Lipinski definition) is 1. The smallest absolute Gasteiger partial charge is 0.241 e. The molecule has 0 amide bonds. The zero-order valence-electron chi connectivity index (χ0n) is 15.1. The van der Waals surface area contributed by atoms with Gasteiger partial charge in [0.2, 0.25) is 10.0 Å². The fraction of sp³-hybridized carbons (Fsp3) is 0.444. The van der Waals surface area contributed by atoms with E-state index >= 15 is 0 Å². The second kappa shape index (κ2) is 8.22. The molecule has 1 N–H and O–H groups in total. The van der Waals surface area contributed by atoms with Crippen LogP contribution in [0.15, 0.2) is 52.0 Å². The van der Waals surface area contributed by atoms with Crippen molar-refractivity contribution in [1.29, 1.82) is 0 Å². The van der Waals surface area contributed by atoms with Crippen LogP contribution >= 0.6 is 15.9 Å². The molecule has 3 rings (SSSR count). The predicted octanol–water partition coefficient (Wildman–Crippen LogP) is 2.05. The molecular weight excluding hydrogens is 416 g/mol. The van der Waals surface area contributed by atoms with Gasteiger partial charge in [0.1, 0.15) is 0 Å². The van der Waals surface area contributed by atoms with Crippen molar-refractivity contribution in [2.24, 2.45) is 7.05 Å². The van der Waals surface area contributed by atoms with Crippen molar-refractivity contribution >= 4 is 26.0 Å². The van der Waals surface area contributed by atoms with E-state index in [-0.39, 0.29) is 10.9 Å². The first-order chi connectivity index (χ1) is 12.4. The highest BCUT2D eigenvalue weighted by Gasteiger charge is 2.27. The Morgan fingerprint density at radius 3 is 2.38 bits per heavy atom. The van der Waals surface area contributed by atoms with Gasteiger partial charge in [-0.3, -0.25) is 4.90 Å². The Balaban J connectivity index is 1.80. The summed E-state index contributed by atoms with van der Waals surface area (Å²) in [7, 11) is 0.534. The van der Waals surface area contributed by atoms with E-state index in [1.165, 1.54) is 0 Å². The standard InChI is InChI=1S/C18H25BrN4O2S/c1-21-10-12-23(13-11-21)17(16-7-5-9-22(16)2)14-20-26(24,25)18-8-4-3-6-15(18)19/h3-9,17,20H,10-14H2,1-2H3. The number of likely N-dealkylation sites (N-methyl/N-ethyl adjacent to an activating group) is 1. The van der Waals surface area contributed by atoms with Gasteiger partial charge in [-0.2, -0.15) is 0 Å². The summed E-state index contributed by atoms with van der Waals surface area (Å²) in [5, 5.41) is 0. The lowest BCUT2D eigenvalue weighted by atomic mass is 10.1. The second-order valence-corrected chi connectivity index (χ2v) is 9.27. The van der Waals surface area contributed by atoms with E-state index < -0.39 is 10.0 Å². The molecular formula is C18H25BrN4O2S. The van der Waals surface area contributed by atoms with Gasteiger partial charge < -0.3 is 9.47 Å². The maximum absolute atomic E-state index is 12.8. The summed E-state index contributed by atoms with van der Waals surface area (Å²) in [4.78, 5) is 4.92. The fourth-order valence-electron chi connectivity index (χ4n) is 3.30. The average molecular weight is 441 g/mol. The average Bonchev–Trinajstić information content (AvgIpc) is 3.03. The molecule has 6 nitrogen and oxygen atoms in total. The summed E-state index contributed by atoms with van der Waals surface area (Å²) >= 11 is 3.33. The third-order valence-electron chi connectivity index (χ3n) is 4.90. The zero-order valence-corrected chi connectivity index (χ0v) is 17.5. The van der Waals surface area contributed by atoms with Gasteiger partial charge in [-0.25, -0.2) is 13.1 Å². The quantitative estimate of drug-likeness (QED) is 0.746. The normalized spacial score (nSPS) is 18.1. The van der Waals surface area contributed by atoms with Crippen LogP contribution in [0.4, 0.5) is 0 Å². The molecule has 1 atom stereocenters. The van der Waals surface area contributed by atoms with Gasteiger partial charge >= 0.3 is 0 Å². The van der Waals surface area contributed by atoms with E-state index in [4.69, 9.17) is 0 Å². The Kier molecular flexibility index (Phi) is 6.19. The van der Waals surface area contributed by atoms with Crippen LogP contribution in [0.3, 0.4) is 0 Å². The molecule has 1 aromatic carbocycles. The highest BCUT2D eigenvalue weighted by Crippen LogP contribution is 2.24. The first-order valence-corrected chi connectivity index (χ1v) is 10.9. The highest BCUT2D eigenvalue weighted by molar-refractivity contribution is 9.10. The van der Waals surface area contributed by atoms with Crippen molar-refractivity contribution in [3.63, 3.8) is 0 Å². The molecule has 2 heterocycles. The van der Waals surface area contributed by atoms with Crippen LogP contribution in [-0.2, 0) is 17.1 Å². The molecule has 0 bridgehead atoms. The molecule has 26 heavy (non-hydrogen) atoms. The van der Waals surface area contributed by atoms with Crippen LogP contribution in [0.25, 0.3) is 0 Å². The van der Waals surface area contributed by atoms with Gasteiger partial charge in [-0.15, -0.1) is 0 Å². The van der Waals surface area contributed by atoms with E-state index in [0.717, 1.165) is 31.9 Å². The summed E-state index contributed by atoms with van der Waals surface area (Å²) in [5.74, 6) is 0. The number of halogens is 1. The van der Waals surface area contributed by atoms with Crippen molar-refractivity contribution < 1.29 is 8.42 Å². The van der Waals surface area contributed by atoms with Crippen molar-refractivity contribution in [2.75, 3.05) is 39.8 Å². The van der Waals surface area contributed by atoms with E-state index in [1.807, 2.05) is 19.3 Å². The summed E-state index contributed by atoms with van der Waals surface area (Å²) in [6.45, 7) is 4.15. The van der Waals surface area contributed by atoms with Crippen LogP contribution in [0, 0.1) is 0 Å². The molecule has 0 spiro atoms. The number of aryl methyl sites for hydroxylation is 1. The number of aromatic nitrogens is 1.